The molecule has 0 saturated carbocycles. The van der Waals surface area contributed by atoms with Gasteiger partial charge in [-0.25, -0.2) is 8.42 Å². The monoisotopic (exact) mass is 421 g/mol. The predicted octanol–water partition coefficient (Wildman–Crippen LogP) is 2.23. The molecule has 0 aromatic heterocycles. The number of ether oxygens (including phenoxy) is 1. The van der Waals surface area contributed by atoms with E-state index in [0.29, 0.717) is 43.0 Å². The van der Waals surface area contributed by atoms with Crippen LogP contribution in [0.15, 0.2) is 23.1 Å². The number of fused-ring (bicyclic) bond motifs is 1. The molecule has 1 atom stereocenters. The summed E-state index contributed by atoms with van der Waals surface area (Å²) in [5, 5.41) is 2.87. The van der Waals surface area contributed by atoms with Gasteiger partial charge in [-0.2, -0.15) is 4.31 Å². The fraction of sp³-hybridized carbons (Fsp3) is 0.667. The number of nitrogens with one attached hydrogen (secondary N) is 1. The van der Waals surface area contributed by atoms with E-state index in [1.54, 1.807) is 22.5 Å². The van der Waals surface area contributed by atoms with Crippen LogP contribution in [0, 0.1) is 0 Å². The summed E-state index contributed by atoms with van der Waals surface area (Å²) in [5.74, 6) is -0.00597. The molecule has 1 amide bonds. The summed E-state index contributed by atoms with van der Waals surface area (Å²) in [4.78, 5) is 14.4. The number of nitrogens with zero attached hydrogens (tertiary/aromatic N) is 2. The zero-order valence-corrected chi connectivity index (χ0v) is 17.9. The number of carbonyl (C=O) groups excluding carboxylic acids is 1. The number of aryl methyl sites for hydroxylation is 1. The number of likely N-dealkylation sites (N-methyl/N-ethyl adjacent to an activating group) is 1. The van der Waals surface area contributed by atoms with Crippen molar-refractivity contribution >= 4 is 21.6 Å². The highest BCUT2D eigenvalue weighted by atomic mass is 32.2. The van der Waals surface area contributed by atoms with Crippen molar-refractivity contribution in [3.8, 4) is 0 Å². The molecule has 4 rings (SSSR count). The second-order valence-corrected chi connectivity index (χ2v) is 10.4. The minimum Gasteiger partial charge on any atom is -0.377 e. The highest BCUT2D eigenvalue weighted by Crippen LogP contribution is 2.28. The molecule has 0 radical (unpaired) electrons. The highest BCUT2D eigenvalue weighted by Gasteiger charge is 2.32. The quantitative estimate of drug-likeness (QED) is 0.789. The molecule has 8 heteroatoms. The first-order chi connectivity index (χ1) is 13.9. The van der Waals surface area contributed by atoms with E-state index >= 15 is 0 Å². The molecule has 2 saturated heterocycles. The van der Waals surface area contributed by atoms with E-state index in [1.165, 1.54) is 0 Å². The third kappa shape index (κ3) is 4.66. The Labute approximate surface area is 173 Å². The number of rotatable bonds is 5. The molecule has 29 heavy (non-hydrogen) atoms. The van der Waals surface area contributed by atoms with Crippen LogP contribution in [0.5, 0.6) is 0 Å². The van der Waals surface area contributed by atoms with Gasteiger partial charge < -0.3 is 15.0 Å². The first-order valence-corrected chi connectivity index (χ1v) is 12.1. The van der Waals surface area contributed by atoms with E-state index in [9.17, 15) is 13.2 Å². The summed E-state index contributed by atoms with van der Waals surface area (Å²) in [6, 6.07) is 5.49. The van der Waals surface area contributed by atoms with Crippen molar-refractivity contribution in [2.24, 2.45) is 0 Å². The average molecular weight is 422 g/mol. The molecule has 7 nitrogen and oxygen atoms in total. The topological polar surface area (TPSA) is 79.0 Å². The molecule has 3 aliphatic heterocycles. The Bertz CT molecular complexity index is 843. The van der Waals surface area contributed by atoms with E-state index < -0.39 is 10.0 Å². The average Bonchev–Trinajstić information content (AvgIpc) is 3.14. The van der Waals surface area contributed by atoms with Gasteiger partial charge >= 0.3 is 0 Å². The summed E-state index contributed by atoms with van der Waals surface area (Å²) >= 11 is 0. The van der Waals surface area contributed by atoms with E-state index in [0.717, 1.165) is 56.5 Å². The number of sulfonamides is 1. The van der Waals surface area contributed by atoms with Crippen molar-refractivity contribution in [2.75, 3.05) is 38.6 Å². The minimum absolute atomic E-state index is 0.00597. The van der Waals surface area contributed by atoms with E-state index in [2.05, 4.69) is 17.3 Å². The predicted molar refractivity (Wildman–Crippen MR) is 111 cm³/mol. The van der Waals surface area contributed by atoms with Gasteiger partial charge in [0.15, 0.2) is 0 Å². The van der Waals surface area contributed by atoms with Gasteiger partial charge in [0.1, 0.15) is 0 Å². The SMILES string of the molecule is CN(CC1CCCO1)C1CCN(S(=O)(=O)c2ccc3c(c2)CCCC(=O)N3)CC1. The van der Waals surface area contributed by atoms with Gasteiger partial charge in [0.2, 0.25) is 15.9 Å². The first-order valence-electron chi connectivity index (χ1n) is 10.7. The first kappa shape index (κ1) is 20.8. The van der Waals surface area contributed by atoms with Gasteiger partial charge in [-0.1, -0.05) is 0 Å². The van der Waals surface area contributed by atoms with Crippen LogP contribution >= 0.6 is 0 Å². The zero-order valence-electron chi connectivity index (χ0n) is 17.1. The molecule has 1 aromatic rings. The summed E-state index contributed by atoms with van der Waals surface area (Å²) in [5.41, 5.74) is 1.64. The number of piperidine rings is 1. The number of amides is 1. The molecular weight excluding hydrogens is 390 g/mol. The Morgan fingerprint density at radius 2 is 1.97 bits per heavy atom. The van der Waals surface area contributed by atoms with Gasteiger partial charge in [-0.05, 0) is 69.3 Å². The van der Waals surface area contributed by atoms with E-state index in [1.807, 2.05) is 0 Å². The maximum Gasteiger partial charge on any atom is 0.243 e. The summed E-state index contributed by atoms with van der Waals surface area (Å²) in [6.07, 6.45) is 6.19. The summed E-state index contributed by atoms with van der Waals surface area (Å²) in [7, 11) is -1.39. The van der Waals surface area contributed by atoms with Crippen molar-refractivity contribution < 1.29 is 17.9 Å². The van der Waals surface area contributed by atoms with Crippen LogP contribution in [0.3, 0.4) is 0 Å². The highest BCUT2D eigenvalue weighted by molar-refractivity contribution is 7.89. The fourth-order valence-electron chi connectivity index (χ4n) is 4.64. The van der Waals surface area contributed by atoms with Crippen molar-refractivity contribution in [2.45, 2.75) is 62.0 Å². The minimum atomic E-state index is -3.52. The molecule has 160 valence electrons. The lowest BCUT2D eigenvalue weighted by Crippen LogP contribution is -2.47. The van der Waals surface area contributed by atoms with Gasteiger partial charge in [-0.3, -0.25) is 4.79 Å². The Kier molecular flexibility index (Phi) is 6.24. The van der Waals surface area contributed by atoms with Crippen LogP contribution in [0.4, 0.5) is 5.69 Å². The standard InChI is InChI=1S/C21H31N3O4S/c1-23(15-18-5-3-13-28-18)17-9-11-24(12-10-17)29(26,27)19-7-8-20-16(14-19)4-2-6-21(25)22-20/h7-8,14,17-18H,2-6,9-13,15H2,1H3,(H,22,25). The molecule has 3 heterocycles. The molecule has 0 aliphatic carbocycles. The molecule has 0 bridgehead atoms. The number of benzene rings is 1. The maximum absolute atomic E-state index is 13.2. The largest absolute Gasteiger partial charge is 0.377 e. The van der Waals surface area contributed by atoms with Crippen LogP contribution in [0.25, 0.3) is 0 Å². The van der Waals surface area contributed by atoms with Crippen LogP contribution in [-0.4, -0.2) is 69.0 Å². The second kappa shape index (κ2) is 8.71. The third-order valence-electron chi connectivity index (χ3n) is 6.40. The van der Waals surface area contributed by atoms with Crippen molar-refractivity contribution in [3.63, 3.8) is 0 Å². The van der Waals surface area contributed by atoms with Gasteiger partial charge in [-0.15, -0.1) is 0 Å². The number of anilines is 1. The smallest absolute Gasteiger partial charge is 0.243 e. The fourth-order valence-corrected chi connectivity index (χ4v) is 6.16. The molecule has 0 spiro atoms. The molecule has 3 aliphatic rings. The van der Waals surface area contributed by atoms with Crippen LogP contribution in [0.2, 0.25) is 0 Å². The Morgan fingerprint density at radius 1 is 1.17 bits per heavy atom. The molecule has 2 fully saturated rings. The Hall–Kier alpha value is -1.48. The lowest BCUT2D eigenvalue weighted by molar-refractivity contribution is -0.116. The maximum atomic E-state index is 13.2. The lowest BCUT2D eigenvalue weighted by atomic mass is 10.0. The number of carbonyl (C=O) groups is 1. The Balaban J connectivity index is 1.40. The molecule has 1 N–H and O–H groups in total. The summed E-state index contributed by atoms with van der Waals surface area (Å²) in [6.45, 7) is 2.86. The van der Waals surface area contributed by atoms with E-state index in [-0.39, 0.29) is 5.91 Å². The van der Waals surface area contributed by atoms with Crippen LogP contribution < -0.4 is 5.32 Å². The number of hydrogen-bond donors (Lipinski definition) is 1. The van der Waals surface area contributed by atoms with Crippen molar-refractivity contribution in [3.05, 3.63) is 23.8 Å². The molecule has 1 aromatic carbocycles. The lowest BCUT2D eigenvalue weighted by Gasteiger charge is -2.37. The third-order valence-corrected chi connectivity index (χ3v) is 8.30. The molecule has 1 unspecified atom stereocenters. The normalized spacial score (nSPS) is 24.3. The molecular formula is C21H31N3O4S. The van der Waals surface area contributed by atoms with Gasteiger partial charge in [0.25, 0.3) is 0 Å². The Morgan fingerprint density at radius 3 is 2.69 bits per heavy atom. The van der Waals surface area contributed by atoms with Gasteiger partial charge in [0, 0.05) is 44.4 Å². The second-order valence-electron chi connectivity index (χ2n) is 8.43. The zero-order chi connectivity index (χ0) is 20.4. The summed E-state index contributed by atoms with van der Waals surface area (Å²) < 4.78 is 33.7. The van der Waals surface area contributed by atoms with Crippen LogP contribution in [0.1, 0.15) is 44.1 Å². The van der Waals surface area contributed by atoms with Crippen LogP contribution in [-0.2, 0) is 26.0 Å². The van der Waals surface area contributed by atoms with Crippen molar-refractivity contribution in [1.82, 2.24) is 9.21 Å². The number of hydrogen-bond acceptors (Lipinski definition) is 5. The van der Waals surface area contributed by atoms with Crippen molar-refractivity contribution in [1.29, 1.82) is 0 Å². The van der Waals surface area contributed by atoms with E-state index in [4.69, 9.17) is 4.74 Å². The van der Waals surface area contributed by atoms with Gasteiger partial charge in [0.05, 0.1) is 11.0 Å².